The molecule has 0 saturated carbocycles. The van der Waals surface area contributed by atoms with Crippen molar-refractivity contribution in [3.8, 4) is 6.07 Å². The van der Waals surface area contributed by atoms with Crippen molar-refractivity contribution >= 4 is 33.0 Å². The van der Waals surface area contributed by atoms with Crippen LogP contribution in [0.3, 0.4) is 0 Å². The molecule has 0 unspecified atom stereocenters. The lowest BCUT2D eigenvalue weighted by Crippen LogP contribution is -2.18. The standard InChI is InChI=1S/C16H18BrN3S/c1-3-19-9-12-4-5-15(14(6-12)8-18)20(2)10-13-7-16(17)21-11-13/h4-7,11,19H,3,9-10H2,1-2H3. The maximum Gasteiger partial charge on any atom is 0.101 e. The molecule has 0 spiro atoms. The Morgan fingerprint density at radius 3 is 2.76 bits per heavy atom. The molecule has 1 heterocycles. The van der Waals surface area contributed by atoms with Crippen molar-refractivity contribution in [1.82, 2.24) is 5.32 Å². The van der Waals surface area contributed by atoms with Crippen molar-refractivity contribution in [1.29, 1.82) is 5.26 Å². The van der Waals surface area contributed by atoms with Crippen LogP contribution in [-0.2, 0) is 13.1 Å². The van der Waals surface area contributed by atoms with E-state index in [4.69, 9.17) is 0 Å². The first-order valence-corrected chi connectivity index (χ1v) is 8.49. The van der Waals surface area contributed by atoms with Crippen molar-refractivity contribution in [2.24, 2.45) is 0 Å². The van der Waals surface area contributed by atoms with Gasteiger partial charge in [0, 0.05) is 20.1 Å². The minimum absolute atomic E-state index is 0.724. The monoisotopic (exact) mass is 363 g/mol. The van der Waals surface area contributed by atoms with E-state index in [0.29, 0.717) is 0 Å². The quantitative estimate of drug-likeness (QED) is 0.838. The molecule has 0 fully saturated rings. The lowest BCUT2D eigenvalue weighted by atomic mass is 10.1. The summed E-state index contributed by atoms with van der Waals surface area (Å²) >= 11 is 5.16. The zero-order valence-electron chi connectivity index (χ0n) is 12.2. The van der Waals surface area contributed by atoms with Gasteiger partial charge in [0.25, 0.3) is 0 Å². The fourth-order valence-corrected chi connectivity index (χ4v) is 3.37. The molecule has 1 N–H and O–H groups in total. The van der Waals surface area contributed by atoms with Gasteiger partial charge in [-0.2, -0.15) is 5.26 Å². The number of anilines is 1. The minimum Gasteiger partial charge on any atom is -0.369 e. The van der Waals surface area contributed by atoms with Gasteiger partial charge in [0.15, 0.2) is 0 Å². The summed E-state index contributed by atoms with van der Waals surface area (Å²) in [6.07, 6.45) is 0. The molecule has 0 aliphatic heterocycles. The maximum atomic E-state index is 9.38. The summed E-state index contributed by atoms with van der Waals surface area (Å²) in [6, 6.07) is 10.5. The zero-order valence-corrected chi connectivity index (χ0v) is 14.6. The largest absolute Gasteiger partial charge is 0.369 e. The molecular weight excluding hydrogens is 346 g/mol. The van der Waals surface area contributed by atoms with Gasteiger partial charge in [-0.25, -0.2) is 0 Å². The second kappa shape index (κ2) is 7.60. The number of hydrogen-bond acceptors (Lipinski definition) is 4. The molecule has 3 nitrogen and oxygen atoms in total. The summed E-state index contributed by atoms with van der Waals surface area (Å²) in [5.41, 5.74) is 4.08. The smallest absolute Gasteiger partial charge is 0.101 e. The van der Waals surface area contributed by atoms with E-state index in [2.05, 4.69) is 56.7 Å². The molecule has 0 aliphatic carbocycles. The highest BCUT2D eigenvalue weighted by molar-refractivity contribution is 9.11. The molecule has 110 valence electrons. The summed E-state index contributed by atoms with van der Waals surface area (Å²) in [7, 11) is 2.02. The molecule has 2 aromatic rings. The van der Waals surface area contributed by atoms with Crippen molar-refractivity contribution in [2.75, 3.05) is 18.5 Å². The van der Waals surface area contributed by atoms with E-state index in [9.17, 15) is 5.26 Å². The first-order chi connectivity index (χ1) is 10.1. The van der Waals surface area contributed by atoms with Crippen LogP contribution >= 0.6 is 27.3 Å². The number of thiophene rings is 1. The Morgan fingerprint density at radius 1 is 1.33 bits per heavy atom. The van der Waals surface area contributed by atoms with Gasteiger partial charge in [-0.15, -0.1) is 11.3 Å². The number of halogens is 1. The van der Waals surface area contributed by atoms with E-state index in [1.54, 1.807) is 11.3 Å². The van der Waals surface area contributed by atoms with E-state index in [-0.39, 0.29) is 0 Å². The molecule has 1 aromatic heterocycles. The van der Waals surface area contributed by atoms with Gasteiger partial charge in [0.2, 0.25) is 0 Å². The molecule has 0 amide bonds. The molecule has 0 bridgehead atoms. The average molecular weight is 364 g/mol. The summed E-state index contributed by atoms with van der Waals surface area (Å²) in [5.74, 6) is 0. The van der Waals surface area contributed by atoms with Gasteiger partial charge in [0.05, 0.1) is 15.0 Å². The molecule has 2 rings (SSSR count). The second-order valence-electron chi connectivity index (χ2n) is 4.86. The molecule has 0 radical (unpaired) electrons. The third kappa shape index (κ3) is 4.31. The normalized spacial score (nSPS) is 10.4. The van der Waals surface area contributed by atoms with Gasteiger partial charge >= 0.3 is 0 Å². The van der Waals surface area contributed by atoms with Crippen LogP contribution in [0.25, 0.3) is 0 Å². The number of nitrogens with zero attached hydrogens (tertiary/aromatic N) is 2. The number of nitriles is 1. The van der Waals surface area contributed by atoms with Crippen LogP contribution in [-0.4, -0.2) is 13.6 Å². The molecule has 0 atom stereocenters. The Hall–Kier alpha value is -1.35. The maximum absolute atomic E-state index is 9.38. The number of nitrogens with one attached hydrogen (secondary N) is 1. The minimum atomic E-state index is 0.724. The van der Waals surface area contributed by atoms with E-state index >= 15 is 0 Å². The van der Waals surface area contributed by atoms with Crippen LogP contribution in [0.2, 0.25) is 0 Å². The third-order valence-electron chi connectivity index (χ3n) is 3.21. The first kappa shape index (κ1) is 16.0. The van der Waals surface area contributed by atoms with Crippen molar-refractivity contribution in [3.63, 3.8) is 0 Å². The van der Waals surface area contributed by atoms with Gasteiger partial charge in [-0.05, 0) is 57.2 Å². The fourth-order valence-electron chi connectivity index (χ4n) is 2.17. The predicted molar refractivity (Wildman–Crippen MR) is 92.7 cm³/mol. The van der Waals surface area contributed by atoms with Gasteiger partial charge in [0.1, 0.15) is 6.07 Å². The summed E-state index contributed by atoms with van der Waals surface area (Å²) in [5, 5.41) is 14.8. The Morgan fingerprint density at radius 2 is 2.14 bits per heavy atom. The molecule has 0 aliphatic rings. The SMILES string of the molecule is CCNCc1ccc(N(C)Cc2csc(Br)c2)c(C#N)c1. The van der Waals surface area contributed by atoms with Crippen molar-refractivity contribution < 1.29 is 0 Å². The van der Waals surface area contributed by atoms with Crippen LogP contribution in [0.5, 0.6) is 0 Å². The van der Waals surface area contributed by atoms with Crippen molar-refractivity contribution in [3.05, 3.63) is 50.1 Å². The summed E-state index contributed by atoms with van der Waals surface area (Å²) < 4.78 is 1.13. The van der Waals surface area contributed by atoms with E-state index in [1.807, 2.05) is 19.2 Å². The van der Waals surface area contributed by atoms with Crippen LogP contribution < -0.4 is 10.2 Å². The van der Waals surface area contributed by atoms with Crippen LogP contribution in [0.1, 0.15) is 23.6 Å². The molecular formula is C16H18BrN3S. The number of rotatable bonds is 6. The van der Waals surface area contributed by atoms with Crippen molar-refractivity contribution in [2.45, 2.75) is 20.0 Å². The molecule has 5 heteroatoms. The Bertz CT molecular complexity index is 645. The Balaban J connectivity index is 2.16. The van der Waals surface area contributed by atoms with E-state index < -0.39 is 0 Å². The van der Waals surface area contributed by atoms with Gasteiger partial charge in [-0.3, -0.25) is 0 Å². The molecule has 21 heavy (non-hydrogen) atoms. The summed E-state index contributed by atoms with van der Waals surface area (Å²) in [6.45, 7) is 4.60. The number of benzene rings is 1. The van der Waals surface area contributed by atoms with Gasteiger partial charge in [-0.1, -0.05) is 13.0 Å². The van der Waals surface area contributed by atoms with E-state index in [0.717, 1.165) is 40.2 Å². The second-order valence-corrected chi connectivity index (χ2v) is 7.15. The van der Waals surface area contributed by atoms with Gasteiger partial charge < -0.3 is 10.2 Å². The topological polar surface area (TPSA) is 39.1 Å². The number of hydrogen-bond donors (Lipinski definition) is 1. The zero-order chi connectivity index (χ0) is 15.2. The Kier molecular flexibility index (Phi) is 5.80. The highest BCUT2D eigenvalue weighted by Gasteiger charge is 2.10. The Labute approximate surface area is 138 Å². The fraction of sp³-hybridized carbons (Fsp3) is 0.312. The third-order valence-corrected chi connectivity index (χ3v) is 4.77. The summed E-state index contributed by atoms with van der Waals surface area (Å²) in [4.78, 5) is 2.12. The lowest BCUT2D eigenvalue weighted by Gasteiger charge is -2.20. The van der Waals surface area contributed by atoms with Crippen LogP contribution in [0.15, 0.2) is 33.4 Å². The van der Waals surface area contributed by atoms with Crippen LogP contribution in [0.4, 0.5) is 5.69 Å². The van der Waals surface area contributed by atoms with E-state index in [1.165, 1.54) is 5.56 Å². The highest BCUT2D eigenvalue weighted by atomic mass is 79.9. The molecule has 0 saturated heterocycles. The predicted octanol–water partition coefficient (Wildman–Crippen LogP) is 4.13. The average Bonchev–Trinajstić information content (AvgIpc) is 2.89. The van der Waals surface area contributed by atoms with Crippen LogP contribution in [0, 0.1) is 11.3 Å². The lowest BCUT2D eigenvalue weighted by molar-refractivity contribution is 0.726. The highest BCUT2D eigenvalue weighted by Crippen LogP contribution is 2.25. The molecule has 1 aromatic carbocycles. The first-order valence-electron chi connectivity index (χ1n) is 6.81.